The predicted molar refractivity (Wildman–Crippen MR) is 81.7 cm³/mol. The summed E-state index contributed by atoms with van der Waals surface area (Å²) in [6.07, 6.45) is 0. The van der Waals surface area contributed by atoms with Crippen LogP contribution in [0.3, 0.4) is 0 Å². The molecule has 1 aromatic heterocycles. The Labute approximate surface area is 123 Å². The van der Waals surface area contributed by atoms with Crippen LogP contribution in [-0.4, -0.2) is 5.97 Å². The van der Waals surface area contributed by atoms with E-state index >= 15 is 0 Å². The maximum atomic E-state index is 10.9. The number of carbonyl (C=O) groups is 1. The molecule has 0 aliphatic carbocycles. The van der Waals surface area contributed by atoms with Crippen LogP contribution in [0.4, 0.5) is 0 Å². The Balaban J connectivity index is 2.10. The molecular formula is C17H12O3P-. The normalized spacial score (nSPS) is 10.7. The summed E-state index contributed by atoms with van der Waals surface area (Å²) in [5.41, 5.74) is 0.654. The molecule has 0 radical (unpaired) electrons. The Morgan fingerprint density at radius 3 is 1.76 bits per heavy atom. The summed E-state index contributed by atoms with van der Waals surface area (Å²) in [4.78, 5) is 10.9. The van der Waals surface area contributed by atoms with E-state index in [-0.39, 0.29) is 5.76 Å². The van der Waals surface area contributed by atoms with E-state index in [9.17, 15) is 9.90 Å². The minimum Gasteiger partial charge on any atom is -0.542 e. The van der Waals surface area contributed by atoms with Crippen LogP contribution in [0.1, 0.15) is 10.6 Å². The fourth-order valence-electron chi connectivity index (χ4n) is 2.12. The van der Waals surface area contributed by atoms with Crippen molar-refractivity contribution in [2.45, 2.75) is 0 Å². The van der Waals surface area contributed by atoms with Crippen molar-refractivity contribution in [2.24, 2.45) is 0 Å². The van der Waals surface area contributed by atoms with Crippen molar-refractivity contribution in [3.05, 3.63) is 78.6 Å². The smallest absolute Gasteiger partial charge is 0.150 e. The van der Waals surface area contributed by atoms with Gasteiger partial charge < -0.3 is 14.3 Å². The van der Waals surface area contributed by atoms with Crippen LogP contribution < -0.4 is 21.2 Å². The van der Waals surface area contributed by atoms with Crippen LogP contribution in [-0.2, 0) is 0 Å². The molecule has 0 atom stereocenters. The molecule has 2 aromatic carbocycles. The van der Waals surface area contributed by atoms with Gasteiger partial charge in [-0.3, -0.25) is 0 Å². The minimum atomic E-state index is -1.29. The quantitative estimate of drug-likeness (QED) is 0.684. The molecule has 0 N–H and O–H groups in total. The number of furan rings is 1. The van der Waals surface area contributed by atoms with E-state index in [1.807, 2.05) is 60.7 Å². The first-order valence-corrected chi connectivity index (χ1v) is 7.81. The number of benzene rings is 2. The van der Waals surface area contributed by atoms with Gasteiger partial charge in [0, 0.05) is 7.92 Å². The number of aromatic carboxylic acids is 1. The molecule has 0 aliphatic rings. The molecule has 0 unspecified atom stereocenters. The van der Waals surface area contributed by atoms with Crippen LogP contribution in [0.5, 0.6) is 0 Å². The third kappa shape index (κ3) is 2.88. The largest absolute Gasteiger partial charge is 0.542 e. The molecule has 3 rings (SSSR count). The lowest BCUT2D eigenvalue weighted by molar-refractivity contribution is -0.257. The first-order chi connectivity index (χ1) is 10.3. The van der Waals surface area contributed by atoms with Gasteiger partial charge in [0.25, 0.3) is 0 Å². The fourth-order valence-corrected chi connectivity index (χ4v) is 4.28. The van der Waals surface area contributed by atoms with Gasteiger partial charge in [-0.1, -0.05) is 60.7 Å². The molecule has 3 nitrogen and oxygen atoms in total. The molecular weight excluding hydrogens is 283 g/mol. The molecule has 21 heavy (non-hydrogen) atoms. The third-order valence-electron chi connectivity index (χ3n) is 3.04. The zero-order chi connectivity index (χ0) is 14.7. The zero-order valence-corrected chi connectivity index (χ0v) is 12.0. The van der Waals surface area contributed by atoms with E-state index in [2.05, 4.69) is 0 Å². The summed E-state index contributed by atoms with van der Waals surface area (Å²) in [7, 11) is -0.908. The number of carboxylic acid groups (broad SMARTS) is 1. The Bertz CT molecular complexity index is 695. The van der Waals surface area contributed by atoms with E-state index in [4.69, 9.17) is 4.42 Å². The van der Waals surface area contributed by atoms with Gasteiger partial charge in [-0.2, -0.15) is 0 Å². The Hall–Kier alpha value is -2.38. The number of carbonyl (C=O) groups excluding carboxylic acids is 1. The topological polar surface area (TPSA) is 53.3 Å². The maximum absolute atomic E-state index is 10.9. The van der Waals surface area contributed by atoms with Crippen molar-refractivity contribution in [3.63, 3.8) is 0 Å². The van der Waals surface area contributed by atoms with Gasteiger partial charge in [-0.05, 0) is 22.7 Å². The summed E-state index contributed by atoms with van der Waals surface area (Å²) in [5, 5.41) is 13.1. The molecule has 1 heterocycles. The SMILES string of the molecule is O=C([O-])c1ccc(P(c2ccccc2)c2ccccc2)o1. The molecule has 0 saturated carbocycles. The summed E-state index contributed by atoms with van der Waals surface area (Å²) < 4.78 is 5.48. The highest BCUT2D eigenvalue weighted by molar-refractivity contribution is 7.79. The molecule has 0 fully saturated rings. The lowest BCUT2D eigenvalue weighted by Gasteiger charge is -2.16. The molecule has 0 spiro atoms. The van der Waals surface area contributed by atoms with E-state index < -0.39 is 13.9 Å². The monoisotopic (exact) mass is 295 g/mol. The average molecular weight is 295 g/mol. The van der Waals surface area contributed by atoms with Crippen molar-refractivity contribution in [1.82, 2.24) is 0 Å². The number of carboxylic acids is 1. The second-order valence-corrected chi connectivity index (χ2v) is 6.58. The highest BCUT2D eigenvalue weighted by Gasteiger charge is 2.19. The lowest BCUT2D eigenvalue weighted by Crippen LogP contribution is -2.22. The molecule has 104 valence electrons. The third-order valence-corrected chi connectivity index (χ3v) is 5.35. The van der Waals surface area contributed by atoms with Gasteiger partial charge in [0.2, 0.25) is 0 Å². The van der Waals surface area contributed by atoms with Crippen molar-refractivity contribution in [1.29, 1.82) is 0 Å². The van der Waals surface area contributed by atoms with E-state index in [0.717, 1.165) is 10.6 Å². The van der Waals surface area contributed by atoms with Crippen LogP contribution >= 0.6 is 7.92 Å². The fraction of sp³-hybridized carbons (Fsp3) is 0. The van der Waals surface area contributed by atoms with Crippen molar-refractivity contribution < 1.29 is 14.3 Å². The van der Waals surface area contributed by atoms with Gasteiger partial charge in [0.1, 0.15) is 17.2 Å². The average Bonchev–Trinajstić information content (AvgIpc) is 3.00. The van der Waals surface area contributed by atoms with E-state index in [1.54, 1.807) is 6.07 Å². The molecule has 0 bridgehead atoms. The predicted octanol–water partition coefficient (Wildman–Crippen LogP) is 1.40. The van der Waals surface area contributed by atoms with Crippen molar-refractivity contribution in [2.75, 3.05) is 0 Å². The van der Waals surface area contributed by atoms with Crippen molar-refractivity contribution in [3.8, 4) is 0 Å². The Morgan fingerprint density at radius 1 is 0.810 bits per heavy atom. The minimum absolute atomic E-state index is 0.135. The first kappa shape index (κ1) is 13.6. The van der Waals surface area contributed by atoms with Gasteiger partial charge in [0.15, 0.2) is 0 Å². The van der Waals surface area contributed by atoms with E-state index in [1.165, 1.54) is 6.07 Å². The van der Waals surface area contributed by atoms with Crippen molar-refractivity contribution >= 4 is 30.0 Å². The number of hydrogen-bond acceptors (Lipinski definition) is 3. The van der Waals surface area contributed by atoms with Crippen LogP contribution in [0.15, 0.2) is 77.2 Å². The highest BCUT2D eigenvalue weighted by atomic mass is 31.1. The summed E-state index contributed by atoms with van der Waals surface area (Å²) in [5.74, 6) is -1.43. The molecule has 0 aliphatic heterocycles. The first-order valence-electron chi connectivity index (χ1n) is 6.47. The number of rotatable bonds is 4. The second kappa shape index (κ2) is 5.94. The van der Waals surface area contributed by atoms with Gasteiger partial charge in [-0.25, -0.2) is 0 Å². The van der Waals surface area contributed by atoms with Crippen LogP contribution in [0.2, 0.25) is 0 Å². The molecule has 0 amide bonds. The standard InChI is InChI=1S/C17H13O3P/c18-17(19)15-11-12-16(20-15)21(13-7-3-1-4-8-13)14-9-5-2-6-10-14/h1-12H,(H,18,19)/p-1. The highest BCUT2D eigenvalue weighted by Crippen LogP contribution is 2.33. The summed E-state index contributed by atoms with van der Waals surface area (Å²) in [6, 6.07) is 23.1. The number of hydrogen-bond donors (Lipinski definition) is 0. The van der Waals surface area contributed by atoms with Gasteiger partial charge >= 0.3 is 0 Å². The van der Waals surface area contributed by atoms with Gasteiger partial charge in [0.05, 0.1) is 0 Å². The Morgan fingerprint density at radius 2 is 1.33 bits per heavy atom. The summed E-state index contributed by atoms with van der Waals surface area (Å²) in [6.45, 7) is 0. The lowest BCUT2D eigenvalue weighted by atomic mass is 10.4. The molecule has 4 heteroatoms. The molecule has 3 aromatic rings. The maximum Gasteiger partial charge on any atom is 0.150 e. The zero-order valence-electron chi connectivity index (χ0n) is 11.1. The van der Waals surface area contributed by atoms with Crippen LogP contribution in [0.25, 0.3) is 0 Å². The van der Waals surface area contributed by atoms with Crippen LogP contribution in [0, 0.1) is 0 Å². The molecule has 0 saturated heterocycles. The summed E-state index contributed by atoms with van der Waals surface area (Å²) >= 11 is 0. The second-order valence-electron chi connectivity index (χ2n) is 4.43. The van der Waals surface area contributed by atoms with E-state index in [0.29, 0.717) is 5.50 Å². The Kier molecular flexibility index (Phi) is 3.85. The van der Waals surface area contributed by atoms with Gasteiger partial charge in [-0.15, -0.1) is 0 Å².